The number of benzene rings is 1. The van der Waals surface area contributed by atoms with Crippen LogP contribution in [-0.2, 0) is 9.53 Å². The maximum atomic E-state index is 11.5. The lowest BCUT2D eigenvalue weighted by atomic mass is 9.96. The van der Waals surface area contributed by atoms with E-state index in [1.165, 1.54) is 0 Å². The zero-order chi connectivity index (χ0) is 13.3. The number of ether oxygens (including phenoxy) is 1. The van der Waals surface area contributed by atoms with Crippen LogP contribution < -0.4 is 0 Å². The van der Waals surface area contributed by atoms with Crippen molar-refractivity contribution in [1.82, 2.24) is 0 Å². The maximum absolute atomic E-state index is 11.5. The molecule has 0 saturated heterocycles. The smallest absolute Gasteiger partial charge is 0.339 e. The van der Waals surface area contributed by atoms with E-state index in [0.29, 0.717) is 11.3 Å². The molecule has 0 aliphatic carbocycles. The highest BCUT2D eigenvalue weighted by Gasteiger charge is 2.28. The first-order valence-corrected chi connectivity index (χ1v) is 6.83. The second kappa shape index (κ2) is 5.30. The Hall–Kier alpha value is -1.04. The van der Waals surface area contributed by atoms with Crippen LogP contribution >= 0.6 is 11.8 Å². The highest BCUT2D eigenvalue weighted by Crippen LogP contribution is 2.41. The van der Waals surface area contributed by atoms with E-state index in [9.17, 15) is 15.0 Å². The van der Waals surface area contributed by atoms with E-state index in [0.717, 1.165) is 16.0 Å². The summed E-state index contributed by atoms with van der Waals surface area (Å²) in [6, 6.07) is 3.56. The number of carbonyl (C=O) groups excluding carboxylic acids is 1. The van der Waals surface area contributed by atoms with Crippen LogP contribution in [0.4, 0.5) is 0 Å². The van der Waals surface area contributed by atoms with Crippen LogP contribution in [-0.4, -0.2) is 28.5 Å². The monoisotopic (exact) mass is 268 g/mol. The lowest BCUT2D eigenvalue weighted by Gasteiger charge is -2.16. The Kier molecular flexibility index (Phi) is 3.94. The molecule has 0 radical (unpaired) electrons. The SMILES string of the molecule is CCOC(=O)C(O)c1ccc2c(c1C)C(O)CS2. The quantitative estimate of drug-likeness (QED) is 0.817. The molecule has 2 rings (SSSR count). The van der Waals surface area contributed by atoms with Gasteiger partial charge in [0.1, 0.15) is 0 Å². The molecule has 0 aromatic heterocycles. The minimum Gasteiger partial charge on any atom is -0.464 e. The van der Waals surface area contributed by atoms with Crippen LogP contribution in [0, 0.1) is 6.92 Å². The number of aliphatic hydroxyl groups is 2. The van der Waals surface area contributed by atoms with Gasteiger partial charge in [0.15, 0.2) is 6.10 Å². The number of rotatable bonds is 3. The van der Waals surface area contributed by atoms with Crippen molar-refractivity contribution in [2.45, 2.75) is 31.0 Å². The lowest BCUT2D eigenvalue weighted by Crippen LogP contribution is -2.17. The van der Waals surface area contributed by atoms with E-state index < -0.39 is 18.2 Å². The molecule has 2 unspecified atom stereocenters. The fourth-order valence-corrected chi connectivity index (χ4v) is 3.27. The largest absolute Gasteiger partial charge is 0.464 e. The Morgan fingerprint density at radius 2 is 2.33 bits per heavy atom. The van der Waals surface area contributed by atoms with Crippen molar-refractivity contribution < 1.29 is 19.7 Å². The van der Waals surface area contributed by atoms with Gasteiger partial charge in [-0.2, -0.15) is 0 Å². The Morgan fingerprint density at radius 1 is 1.61 bits per heavy atom. The zero-order valence-corrected chi connectivity index (χ0v) is 11.2. The van der Waals surface area contributed by atoms with Gasteiger partial charge in [0.2, 0.25) is 0 Å². The summed E-state index contributed by atoms with van der Waals surface area (Å²) < 4.78 is 4.80. The van der Waals surface area contributed by atoms with Crippen molar-refractivity contribution in [2.75, 3.05) is 12.4 Å². The van der Waals surface area contributed by atoms with Crippen molar-refractivity contribution in [3.05, 3.63) is 28.8 Å². The van der Waals surface area contributed by atoms with Crippen molar-refractivity contribution in [1.29, 1.82) is 0 Å². The molecule has 98 valence electrons. The van der Waals surface area contributed by atoms with Crippen LogP contribution in [0.3, 0.4) is 0 Å². The Bertz CT molecular complexity index is 472. The molecule has 18 heavy (non-hydrogen) atoms. The predicted molar refractivity (Wildman–Crippen MR) is 68.5 cm³/mol. The first kappa shape index (κ1) is 13.4. The number of hydrogen-bond donors (Lipinski definition) is 2. The van der Waals surface area contributed by atoms with Gasteiger partial charge in [-0.05, 0) is 36.6 Å². The first-order chi connectivity index (χ1) is 8.56. The van der Waals surface area contributed by atoms with E-state index in [2.05, 4.69) is 0 Å². The topological polar surface area (TPSA) is 66.8 Å². The molecule has 1 aliphatic heterocycles. The molecule has 2 N–H and O–H groups in total. The summed E-state index contributed by atoms with van der Waals surface area (Å²) in [5.74, 6) is -0.0320. The zero-order valence-electron chi connectivity index (χ0n) is 10.3. The molecule has 0 spiro atoms. The normalized spacial score (nSPS) is 19.4. The molecule has 4 nitrogen and oxygen atoms in total. The van der Waals surface area contributed by atoms with Gasteiger partial charge >= 0.3 is 5.97 Å². The molecule has 1 aliphatic rings. The molecule has 2 atom stereocenters. The summed E-state index contributed by atoms with van der Waals surface area (Å²) >= 11 is 1.58. The van der Waals surface area contributed by atoms with Crippen molar-refractivity contribution in [3.8, 4) is 0 Å². The average molecular weight is 268 g/mol. The standard InChI is InChI=1S/C13H16O4S/c1-3-17-13(16)12(15)8-4-5-10-11(7(8)2)9(14)6-18-10/h4-5,9,12,14-15H,3,6H2,1-2H3. The van der Waals surface area contributed by atoms with Gasteiger partial charge < -0.3 is 14.9 Å². The number of aliphatic hydroxyl groups excluding tert-OH is 2. The molecule has 5 heteroatoms. The summed E-state index contributed by atoms with van der Waals surface area (Å²) in [4.78, 5) is 12.6. The number of thioether (sulfide) groups is 1. The second-order valence-electron chi connectivity index (χ2n) is 4.17. The van der Waals surface area contributed by atoms with Crippen molar-refractivity contribution in [2.24, 2.45) is 0 Å². The van der Waals surface area contributed by atoms with Gasteiger partial charge in [-0.15, -0.1) is 11.8 Å². The predicted octanol–water partition coefficient (Wildman–Crippen LogP) is 1.73. The van der Waals surface area contributed by atoms with E-state index in [4.69, 9.17) is 4.74 Å². The van der Waals surface area contributed by atoms with E-state index in [1.807, 2.05) is 13.0 Å². The third-order valence-electron chi connectivity index (χ3n) is 3.05. The number of hydrogen-bond acceptors (Lipinski definition) is 5. The molecule has 0 saturated carbocycles. The lowest BCUT2D eigenvalue weighted by molar-refractivity contribution is -0.153. The number of carbonyl (C=O) groups is 1. The van der Waals surface area contributed by atoms with Gasteiger partial charge in [-0.1, -0.05) is 6.07 Å². The van der Waals surface area contributed by atoms with Gasteiger partial charge in [0.05, 0.1) is 12.7 Å². The second-order valence-corrected chi connectivity index (χ2v) is 5.23. The van der Waals surface area contributed by atoms with Crippen LogP contribution in [0.1, 0.15) is 35.8 Å². The molecule has 0 fully saturated rings. The van der Waals surface area contributed by atoms with E-state index in [-0.39, 0.29) is 6.61 Å². The van der Waals surface area contributed by atoms with E-state index in [1.54, 1.807) is 24.8 Å². The highest BCUT2D eigenvalue weighted by molar-refractivity contribution is 7.99. The fraction of sp³-hybridized carbons (Fsp3) is 0.462. The minimum atomic E-state index is -1.28. The molecular formula is C13H16O4S. The Labute approximate surface area is 110 Å². The molecule has 0 amide bonds. The highest BCUT2D eigenvalue weighted by atomic mass is 32.2. The summed E-state index contributed by atoms with van der Waals surface area (Å²) in [5, 5.41) is 19.8. The van der Waals surface area contributed by atoms with Crippen LogP contribution in [0.5, 0.6) is 0 Å². The summed E-state index contributed by atoms with van der Waals surface area (Å²) in [5.41, 5.74) is 2.10. The molecule has 1 aromatic carbocycles. The Balaban J connectivity index is 2.36. The van der Waals surface area contributed by atoms with Crippen LogP contribution in [0.25, 0.3) is 0 Å². The van der Waals surface area contributed by atoms with Crippen LogP contribution in [0.2, 0.25) is 0 Å². The molecular weight excluding hydrogens is 252 g/mol. The van der Waals surface area contributed by atoms with Gasteiger partial charge in [0, 0.05) is 10.6 Å². The fourth-order valence-electron chi connectivity index (χ4n) is 2.16. The summed E-state index contributed by atoms with van der Waals surface area (Å²) in [7, 11) is 0. The first-order valence-electron chi connectivity index (χ1n) is 5.85. The van der Waals surface area contributed by atoms with Crippen LogP contribution in [0.15, 0.2) is 17.0 Å². The number of esters is 1. The van der Waals surface area contributed by atoms with Gasteiger partial charge in [-0.25, -0.2) is 4.79 Å². The third-order valence-corrected chi connectivity index (χ3v) is 4.20. The maximum Gasteiger partial charge on any atom is 0.339 e. The van der Waals surface area contributed by atoms with E-state index >= 15 is 0 Å². The van der Waals surface area contributed by atoms with Crippen molar-refractivity contribution >= 4 is 17.7 Å². The Morgan fingerprint density at radius 3 is 3.00 bits per heavy atom. The summed E-state index contributed by atoms with van der Waals surface area (Å²) in [6.07, 6.45) is -1.81. The minimum absolute atomic E-state index is 0.234. The van der Waals surface area contributed by atoms with Gasteiger partial charge in [-0.3, -0.25) is 0 Å². The third kappa shape index (κ3) is 2.25. The van der Waals surface area contributed by atoms with Crippen molar-refractivity contribution in [3.63, 3.8) is 0 Å². The number of fused-ring (bicyclic) bond motifs is 1. The molecule has 1 aromatic rings. The average Bonchev–Trinajstić information content (AvgIpc) is 2.72. The molecule has 1 heterocycles. The molecule has 0 bridgehead atoms. The van der Waals surface area contributed by atoms with Gasteiger partial charge in [0.25, 0.3) is 0 Å². The summed E-state index contributed by atoms with van der Waals surface area (Å²) in [6.45, 7) is 3.74.